The summed E-state index contributed by atoms with van der Waals surface area (Å²) in [6, 6.07) is 18.1. The summed E-state index contributed by atoms with van der Waals surface area (Å²) in [5, 5.41) is 7.15. The first-order chi connectivity index (χ1) is 9.25. The number of rotatable bonds is 2. The fraction of sp³-hybridized carbons (Fsp3) is 0. The van der Waals surface area contributed by atoms with Gasteiger partial charge in [-0.15, -0.1) is 0 Å². The maximum Gasteiger partial charge on any atom is 0.153 e. The first-order valence-electron chi connectivity index (χ1n) is 5.91. The van der Waals surface area contributed by atoms with Crippen LogP contribution in [-0.2, 0) is 0 Å². The molecule has 0 aliphatic heterocycles. The molecule has 0 saturated heterocycles. The molecule has 0 aliphatic rings. The van der Waals surface area contributed by atoms with E-state index in [1.807, 2.05) is 54.6 Å². The number of aromatic amines is 1. The zero-order valence-electron chi connectivity index (χ0n) is 10.1. The van der Waals surface area contributed by atoms with Crippen molar-refractivity contribution in [1.29, 1.82) is 0 Å². The number of nitrogens with two attached hydrogens (primary N) is 1. The van der Waals surface area contributed by atoms with Gasteiger partial charge in [0.2, 0.25) is 0 Å². The number of hydrogen-bond donors (Lipinski definition) is 2. The van der Waals surface area contributed by atoms with E-state index in [9.17, 15) is 0 Å². The van der Waals surface area contributed by atoms with Crippen molar-refractivity contribution < 1.29 is 0 Å². The number of nitrogens with one attached hydrogen (secondary N) is 1. The van der Waals surface area contributed by atoms with E-state index in [0.717, 1.165) is 26.9 Å². The molecule has 0 unspecified atom stereocenters. The van der Waals surface area contributed by atoms with Crippen LogP contribution < -0.4 is 5.73 Å². The SMILES string of the molecule is Nc1n[nH]c(-c2ccccc2)c1-c1cccc(Br)c1. The molecular formula is C15H12BrN3. The van der Waals surface area contributed by atoms with Crippen molar-refractivity contribution in [3.63, 3.8) is 0 Å². The van der Waals surface area contributed by atoms with E-state index in [2.05, 4.69) is 26.1 Å². The summed E-state index contributed by atoms with van der Waals surface area (Å²) >= 11 is 3.48. The van der Waals surface area contributed by atoms with Crippen molar-refractivity contribution in [1.82, 2.24) is 10.2 Å². The summed E-state index contributed by atoms with van der Waals surface area (Å²) < 4.78 is 1.02. The van der Waals surface area contributed by atoms with Crippen LogP contribution in [0, 0.1) is 0 Å². The fourth-order valence-electron chi connectivity index (χ4n) is 2.11. The second-order valence-corrected chi connectivity index (χ2v) is 5.15. The van der Waals surface area contributed by atoms with Gasteiger partial charge >= 0.3 is 0 Å². The lowest BCUT2D eigenvalue weighted by Crippen LogP contribution is -1.88. The smallest absolute Gasteiger partial charge is 0.153 e. The molecule has 1 heterocycles. The standard InChI is InChI=1S/C15H12BrN3/c16-12-8-4-7-11(9-12)13-14(18-19-15(13)17)10-5-2-1-3-6-10/h1-9H,(H3,17,18,19). The second kappa shape index (κ2) is 4.90. The van der Waals surface area contributed by atoms with Crippen LogP contribution in [0.15, 0.2) is 59.1 Å². The summed E-state index contributed by atoms with van der Waals surface area (Å²) in [6.07, 6.45) is 0. The quantitative estimate of drug-likeness (QED) is 0.748. The van der Waals surface area contributed by atoms with E-state index in [-0.39, 0.29) is 0 Å². The molecule has 1 aromatic heterocycles. The Labute approximate surface area is 119 Å². The molecule has 0 amide bonds. The lowest BCUT2D eigenvalue weighted by molar-refractivity contribution is 1.10. The minimum atomic E-state index is 0.511. The minimum Gasteiger partial charge on any atom is -0.382 e. The van der Waals surface area contributed by atoms with Gasteiger partial charge in [0, 0.05) is 10.0 Å². The molecule has 0 bridgehead atoms. The number of nitrogens with zero attached hydrogens (tertiary/aromatic N) is 1. The van der Waals surface area contributed by atoms with Crippen molar-refractivity contribution in [2.24, 2.45) is 0 Å². The van der Waals surface area contributed by atoms with Crippen molar-refractivity contribution >= 4 is 21.7 Å². The Morgan fingerprint density at radius 1 is 0.947 bits per heavy atom. The average molecular weight is 314 g/mol. The van der Waals surface area contributed by atoms with Crippen molar-refractivity contribution in [3.05, 3.63) is 59.1 Å². The van der Waals surface area contributed by atoms with Gasteiger partial charge in [-0.1, -0.05) is 58.4 Å². The summed E-state index contributed by atoms with van der Waals surface area (Å²) in [4.78, 5) is 0. The van der Waals surface area contributed by atoms with Crippen LogP contribution in [0.1, 0.15) is 0 Å². The number of anilines is 1. The fourth-order valence-corrected chi connectivity index (χ4v) is 2.51. The summed E-state index contributed by atoms with van der Waals surface area (Å²) in [6.45, 7) is 0. The molecule has 0 radical (unpaired) electrons. The lowest BCUT2D eigenvalue weighted by atomic mass is 10.0. The zero-order valence-corrected chi connectivity index (χ0v) is 11.7. The second-order valence-electron chi connectivity index (χ2n) is 4.24. The highest BCUT2D eigenvalue weighted by Crippen LogP contribution is 2.35. The molecule has 0 spiro atoms. The van der Waals surface area contributed by atoms with Crippen molar-refractivity contribution in [2.45, 2.75) is 0 Å². The highest BCUT2D eigenvalue weighted by atomic mass is 79.9. The van der Waals surface area contributed by atoms with E-state index in [1.165, 1.54) is 0 Å². The predicted molar refractivity (Wildman–Crippen MR) is 81.6 cm³/mol. The van der Waals surface area contributed by atoms with E-state index in [4.69, 9.17) is 5.73 Å². The van der Waals surface area contributed by atoms with Crippen molar-refractivity contribution in [3.8, 4) is 22.4 Å². The van der Waals surface area contributed by atoms with E-state index in [0.29, 0.717) is 5.82 Å². The van der Waals surface area contributed by atoms with Crippen LogP contribution in [0.3, 0.4) is 0 Å². The number of aromatic nitrogens is 2. The van der Waals surface area contributed by atoms with Gasteiger partial charge < -0.3 is 5.73 Å². The molecule has 0 atom stereocenters. The molecular weight excluding hydrogens is 302 g/mol. The maximum atomic E-state index is 6.00. The van der Waals surface area contributed by atoms with E-state index in [1.54, 1.807) is 0 Å². The monoisotopic (exact) mass is 313 g/mol. The Morgan fingerprint density at radius 3 is 2.42 bits per heavy atom. The van der Waals surface area contributed by atoms with Gasteiger partial charge in [0.25, 0.3) is 0 Å². The molecule has 4 heteroatoms. The Hall–Kier alpha value is -2.07. The zero-order chi connectivity index (χ0) is 13.2. The molecule has 2 aromatic carbocycles. The molecule has 94 valence electrons. The number of hydrogen-bond acceptors (Lipinski definition) is 2. The Morgan fingerprint density at radius 2 is 1.68 bits per heavy atom. The molecule has 19 heavy (non-hydrogen) atoms. The molecule has 0 saturated carbocycles. The molecule has 3 aromatic rings. The van der Waals surface area contributed by atoms with Crippen LogP contribution in [0.2, 0.25) is 0 Å². The first-order valence-corrected chi connectivity index (χ1v) is 6.70. The molecule has 3 rings (SSSR count). The molecule has 0 fully saturated rings. The van der Waals surface area contributed by atoms with Gasteiger partial charge in [-0.2, -0.15) is 5.10 Å². The average Bonchev–Trinajstić information content (AvgIpc) is 2.82. The van der Waals surface area contributed by atoms with Gasteiger partial charge in [-0.05, 0) is 17.7 Å². The minimum absolute atomic E-state index is 0.511. The van der Waals surface area contributed by atoms with Gasteiger partial charge in [-0.3, -0.25) is 5.10 Å². The maximum absolute atomic E-state index is 6.00. The highest BCUT2D eigenvalue weighted by Gasteiger charge is 2.14. The number of nitrogen functional groups attached to an aromatic ring is 1. The number of halogens is 1. The van der Waals surface area contributed by atoms with Crippen LogP contribution in [-0.4, -0.2) is 10.2 Å². The molecule has 3 N–H and O–H groups in total. The summed E-state index contributed by atoms with van der Waals surface area (Å²) in [5.41, 5.74) is 9.99. The summed E-state index contributed by atoms with van der Waals surface area (Å²) in [7, 11) is 0. The van der Waals surface area contributed by atoms with Gasteiger partial charge in [0.05, 0.1) is 11.3 Å². The topological polar surface area (TPSA) is 54.7 Å². The van der Waals surface area contributed by atoms with E-state index < -0.39 is 0 Å². The molecule has 3 nitrogen and oxygen atoms in total. The summed E-state index contributed by atoms with van der Waals surface area (Å²) in [5.74, 6) is 0.511. The van der Waals surface area contributed by atoms with Crippen LogP contribution in [0.5, 0.6) is 0 Å². The number of benzene rings is 2. The predicted octanol–water partition coefficient (Wildman–Crippen LogP) is 4.09. The van der Waals surface area contributed by atoms with Crippen molar-refractivity contribution in [2.75, 3.05) is 5.73 Å². The van der Waals surface area contributed by atoms with Gasteiger partial charge in [0.15, 0.2) is 5.82 Å². The van der Waals surface area contributed by atoms with E-state index >= 15 is 0 Å². The Kier molecular flexibility index (Phi) is 3.09. The van der Waals surface area contributed by atoms with Crippen LogP contribution in [0.25, 0.3) is 22.4 Å². The third-order valence-electron chi connectivity index (χ3n) is 2.97. The van der Waals surface area contributed by atoms with Gasteiger partial charge in [-0.25, -0.2) is 0 Å². The Balaban J connectivity index is 2.20. The van der Waals surface area contributed by atoms with Gasteiger partial charge in [0.1, 0.15) is 0 Å². The molecule has 0 aliphatic carbocycles. The third kappa shape index (κ3) is 2.27. The normalized spacial score (nSPS) is 10.6. The van der Waals surface area contributed by atoms with Crippen LogP contribution >= 0.6 is 15.9 Å². The lowest BCUT2D eigenvalue weighted by Gasteiger charge is -2.05. The first kappa shape index (κ1) is 12.0. The third-order valence-corrected chi connectivity index (χ3v) is 3.46. The number of H-pyrrole nitrogens is 1. The highest BCUT2D eigenvalue weighted by molar-refractivity contribution is 9.10. The van der Waals surface area contributed by atoms with Crippen LogP contribution in [0.4, 0.5) is 5.82 Å². The largest absolute Gasteiger partial charge is 0.382 e. The Bertz CT molecular complexity index is 704.